The number of nitrogens with zero attached hydrogens (tertiary/aromatic N) is 4. The highest BCUT2D eigenvalue weighted by Gasteiger charge is 2.15. The smallest absolute Gasteiger partial charge is 0.233 e. The highest BCUT2D eigenvalue weighted by Crippen LogP contribution is 2.25. The molecule has 7 nitrogen and oxygen atoms in total. The third-order valence-electron chi connectivity index (χ3n) is 3.49. The van der Waals surface area contributed by atoms with Crippen LogP contribution in [0.15, 0.2) is 29.2 Å². The van der Waals surface area contributed by atoms with Crippen LogP contribution in [0.1, 0.15) is 32.5 Å². The van der Waals surface area contributed by atoms with E-state index in [0.29, 0.717) is 12.4 Å². The molecule has 1 heterocycles. The molecule has 0 fully saturated rings. The quantitative estimate of drug-likeness (QED) is 0.700. The summed E-state index contributed by atoms with van der Waals surface area (Å²) in [6.45, 7) is 5.10. The van der Waals surface area contributed by atoms with Crippen molar-refractivity contribution in [2.45, 2.75) is 49.9 Å². The van der Waals surface area contributed by atoms with Crippen LogP contribution in [0.5, 0.6) is 5.75 Å². The van der Waals surface area contributed by atoms with Crippen LogP contribution in [-0.4, -0.2) is 38.5 Å². The number of methoxy groups -OCH3 is 1. The Morgan fingerprint density at radius 1 is 1.38 bits per heavy atom. The number of hydrogen-bond donors (Lipinski definition) is 1. The molecule has 0 aliphatic heterocycles. The van der Waals surface area contributed by atoms with E-state index in [-0.39, 0.29) is 11.2 Å². The van der Waals surface area contributed by atoms with E-state index < -0.39 is 0 Å². The zero-order valence-corrected chi connectivity index (χ0v) is 15.0. The average molecular weight is 349 g/mol. The maximum atomic E-state index is 12.3. The zero-order chi connectivity index (χ0) is 17.4. The minimum absolute atomic E-state index is 0.0409. The number of unbranched alkanes of at least 4 members (excludes halogenated alkanes) is 1. The average Bonchev–Trinajstić information content (AvgIpc) is 3.05. The number of aryl methyl sites for hydroxylation is 1. The Balaban J connectivity index is 1.84. The Kier molecular flexibility index (Phi) is 7.05. The van der Waals surface area contributed by atoms with E-state index in [1.165, 1.54) is 11.8 Å². The minimum Gasteiger partial charge on any atom is -0.497 e. The van der Waals surface area contributed by atoms with Crippen molar-refractivity contribution in [2.75, 3.05) is 7.11 Å². The second kappa shape index (κ2) is 9.27. The van der Waals surface area contributed by atoms with Gasteiger partial charge in [-0.3, -0.25) is 4.79 Å². The van der Waals surface area contributed by atoms with Crippen LogP contribution in [0, 0.1) is 0 Å². The molecule has 0 saturated carbocycles. The summed E-state index contributed by atoms with van der Waals surface area (Å²) in [5.74, 6) is 1.44. The van der Waals surface area contributed by atoms with E-state index in [2.05, 4.69) is 27.8 Å². The van der Waals surface area contributed by atoms with Gasteiger partial charge in [0, 0.05) is 11.4 Å². The Morgan fingerprint density at radius 2 is 2.12 bits per heavy atom. The second-order valence-electron chi connectivity index (χ2n) is 5.33. The lowest BCUT2D eigenvalue weighted by atomic mass is 10.3. The van der Waals surface area contributed by atoms with Gasteiger partial charge in [0.1, 0.15) is 5.75 Å². The van der Waals surface area contributed by atoms with E-state index in [4.69, 9.17) is 4.74 Å². The summed E-state index contributed by atoms with van der Waals surface area (Å²) in [6.07, 6.45) is 2.08. The van der Waals surface area contributed by atoms with Crippen molar-refractivity contribution >= 4 is 17.7 Å². The number of nitrogens with one attached hydrogen (secondary N) is 1. The summed E-state index contributed by atoms with van der Waals surface area (Å²) in [5, 5.41) is 14.3. The van der Waals surface area contributed by atoms with Crippen LogP contribution in [0.4, 0.5) is 0 Å². The first kappa shape index (κ1) is 18.3. The van der Waals surface area contributed by atoms with E-state index in [1.54, 1.807) is 11.8 Å². The van der Waals surface area contributed by atoms with Crippen molar-refractivity contribution < 1.29 is 9.53 Å². The summed E-state index contributed by atoms with van der Waals surface area (Å²) in [7, 11) is 1.63. The Morgan fingerprint density at radius 3 is 2.79 bits per heavy atom. The first-order valence-electron chi connectivity index (χ1n) is 7.97. The van der Waals surface area contributed by atoms with Gasteiger partial charge in [0.05, 0.1) is 18.9 Å². The van der Waals surface area contributed by atoms with Gasteiger partial charge in [-0.1, -0.05) is 13.3 Å². The monoisotopic (exact) mass is 349 g/mol. The fourth-order valence-corrected chi connectivity index (χ4v) is 2.95. The van der Waals surface area contributed by atoms with Crippen molar-refractivity contribution in [2.24, 2.45) is 0 Å². The number of rotatable bonds is 9. The number of carbonyl (C=O) groups is 1. The second-order valence-corrected chi connectivity index (χ2v) is 6.74. The molecule has 0 saturated heterocycles. The van der Waals surface area contributed by atoms with Crippen molar-refractivity contribution in [3.63, 3.8) is 0 Å². The molecule has 8 heteroatoms. The summed E-state index contributed by atoms with van der Waals surface area (Å²) in [4.78, 5) is 13.3. The lowest BCUT2D eigenvalue weighted by Crippen LogP contribution is -2.31. The van der Waals surface area contributed by atoms with E-state index in [9.17, 15) is 4.79 Å². The molecule has 1 aromatic heterocycles. The van der Waals surface area contributed by atoms with Gasteiger partial charge in [-0.05, 0) is 48.0 Å². The maximum Gasteiger partial charge on any atom is 0.233 e. The molecule has 130 valence electrons. The van der Waals surface area contributed by atoms with Crippen molar-refractivity contribution in [3.05, 3.63) is 30.1 Å². The first-order valence-corrected chi connectivity index (χ1v) is 8.85. The van der Waals surface area contributed by atoms with Crippen LogP contribution in [0.25, 0.3) is 0 Å². The molecule has 0 unspecified atom stereocenters. The Bertz CT molecular complexity index is 644. The number of ether oxygens (including phenoxy) is 1. The van der Waals surface area contributed by atoms with Gasteiger partial charge in [-0.25, -0.2) is 4.68 Å². The molecule has 1 aromatic carbocycles. The first-order chi connectivity index (χ1) is 11.6. The van der Waals surface area contributed by atoms with Crippen LogP contribution >= 0.6 is 11.8 Å². The number of amides is 1. The van der Waals surface area contributed by atoms with Crippen molar-refractivity contribution in [3.8, 4) is 5.75 Å². The zero-order valence-electron chi connectivity index (χ0n) is 14.2. The molecule has 0 radical (unpaired) electrons. The van der Waals surface area contributed by atoms with Crippen LogP contribution in [0.3, 0.4) is 0 Å². The third-order valence-corrected chi connectivity index (χ3v) is 4.60. The molecular weight excluding hydrogens is 326 g/mol. The lowest BCUT2D eigenvalue weighted by Gasteiger charge is -2.12. The van der Waals surface area contributed by atoms with Gasteiger partial charge >= 0.3 is 0 Å². The molecule has 24 heavy (non-hydrogen) atoms. The summed E-state index contributed by atoms with van der Waals surface area (Å²) < 4.78 is 6.87. The normalized spacial score (nSPS) is 12.0. The van der Waals surface area contributed by atoms with Crippen molar-refractivity contribution in [1.29, 1.82) is 0 Å². The number of aromatic nitrogens is 4. The summed E-state index contributed by atoms with van der Waals surface area (Å²) in [6, 6.07) is 7.65. The highest BCUT2D eigenvalue weighted by atomic mass is 32.2. The van der Waals surface area contributed by atoms with Gasteiger partial charge < -0.3 is 10.1 Å². The van der Waals surface area contributed by atoms with Gasteiger partial charge in [0.15, 0.2) is 5.82 Å². The minimum atomic E-state index is -0.210. The Hall–Kier alpha value is -2.09. The number of hydrogen-bond acceptors (Lipinski definition) is 6. The molecule has 2 rings (SSSR count). The number of carbonyl (C=O) groups excluding carboxylic acids is 1. The third kappa shape index (κ3) is 5.23. The van der Waals surface area contributed by atoms with Crippen LogP contribution in [-0.2, 0) is 17.9 Å². The molecule has 0 bridgehead atoms. The Labute approximate surface area is 146 Å². The predicted molar refractivity (Wildman–Crippen MR) is 92.9 cm³/mol. The van der Waals surface area contributed by atoms with Gasteiger partial charge in [-0.15, -0.1) is 16.9 Å². The number of tetrazole rings is 1. The van der Waals surface area contributed by atoms with Gasteiger partial charge in [0.2, 0.25) is 5.91 Å². The fourth-order valence-electron chi connectivity index (χ4n) is 2.05. The number of thioether (sulfide) groups is 1. The summed E-state index contributed by atoms with van der Waals surface area (Å²) in [5.41, 5.74) is 0. The molecule has 2 aromatic rings. The van der Waals surface area contributed by atoms with E-state index in [0.717, 1.165) is 30.0 Å². The predicted octanol–water partition coefficient (Wildman–Crippen LogP) is 2.28. The topological polar surface area (TPSA) is 81.9 Å². The SMILES string of the molecule is CCCCn1nnnc1CNC(=O)[C@H](C)Sc1ccc(OC)cc1. The maximum absolute atomic E-state index is 12.3. The van der Waals surface area contributed by atoms with Crippen LogP contribution in [0.2, 0.25) is 0 Å². The van der Waals surface area contributed by atoms with Crippen LogP contribution < -0.4 is 10.1 Å². The number of benzene rings is 1. The van der Waals surface area contributed by atoms with Crippen molar-refractivity contribution in [1.82, 2.24) is 25.5 Å². The van der Waals surface area contributed by atoms with E-state index >= 15 is 0 Å². The largest absolute Gasteiger partial charge is 0.497 e. The molecule has 1 amide bonds. The molecule has 1 N–H and O–H groups in total. The van der Waals surface area contributed by atoms with E-state index in [1.807, 2.05) is 31.2 Å². The molecular formula is C16H23N5O2S. The fraction of sp³-hybridized carbons (Fsp3) is 0.500. The molecule has 1 atom stereocenters. The molecule has 0 aliphatic rings. The van der Waals surface area contributed by atoms with Gasteiger partial charge in [0.25, 0.3) is 0 Å². The standard InChI is InChI=1S/C16H23N5O2S/c1-4-5-10-21-15(18-19-20-21)11-17-16(22)12(2)24-14-8-6-13(23-3)7-9-14/h6-9,12H,4-5,10-11H2,1-3H3,(H,17,22)/t12-/m0/s1. The molecule has 0 spiro atoms. The highest BCUT2D eigenvalue weighted by molar-refractivity contribution is 8.00. The summed E-state index contributed by atoms with van der Waals surface area (Å²) >= 11 is 1.50. The molecule has 0 aliphatic carbocycles. The van der Waals surface area contributed by atoms with Gasteiger partial charge in [-0.2, -0.15) is 0 Å². The lowest BCUT2D eigenvalue weighted by molar-refractivity contribution is -0.120.